The average Bonchev–Trinajstić information content (AvgIpc) is 3.63. The van der Waals surface area contributed by atoms with Gasteiger partial charge in [0, 0.05) is 46.6 Å². The maximum atomic E-state index is 11.3. The van der Waals surface area contributed by atoms with Gasteiger partial charge in [0.15, 0.2) is 0 Å². The number of thiophene rings is 1. The summed E-state index contributed by atoms with van der Waals surface area (Å²) in [5, 5.41) is 1.32. The van der Waals surface area contributed by atoms with Crippen molar-refractivity contribution in [2.24, 2.45) is 5.92 Å². The molecule has 0 saturated heterocycles. The number of aryl methyl sites for hydroxylation is 1. The molecule has 1 aliphatic heterocycles. The summed E-state index contributed by atoms with van der Waals surface area (Å²) in [6.45, 7) is 0.535. The van der Waals surface area contributed by atoms with Gasteiger partial charge in [-0.05, 0) is 91.7 Å². The molecule has 0 spiro atoms. The average molecular weight is 699 g/mol. The minimum Gasteiger partial charge on any atom is -0.748 e. The van der Waals surface area contributed by atoms with Crippen LogP contribution in [0.2, 0.25) is 0 Å². The molecule has 0 radical (unpaired) electrons. The minimum atomic E-state index is -4.24. The van der Waals surface area contributed by atoms with E-state index in [1.165, 1.54) is 16.2 Å². The molecule has 2 heterocycles. The number of fused-ring (bicyclic) bond motifs is 2. The van der Waals surface area contributed by atoms with Gasteiger partial charge in [-0.3, -0.25) is 4.55 Å². The van der Waals surface area contributed by atoms with Crippen molar-refractivity contribution in [3.8, 4) is 0 Å². The molecule has 45 heavy (non-hydrogen) atoms. The maximum absolute atomic E-state index is 11.3. The van der Waals surface area contributed by atoms with Gasteiger partial charge >= 0.3 is 29.6 Å². The Morgan fingerprint density at radius 1 is 1.00 bits per heavy atom. The van der Waals surface area contributed by atoms with E-state index < -0.39 is 20.2 Å². The van der Waals surface area contributed by atoms with E-state index in [0.29, 0.717) is 31.7 Å². The van der Waals surface area contributed by atoms with Crippen LogP contribution in [0.25, 0.3) is 16.2 Å². The Labute approximate surface area is 297 Å². The minimum absolute atomic E-state index is 0. The number of hydrogen-bond donors (Lipinski definition) is 1. The van der Waals surface area contributed by atoms with Crippen molar-refractivity contribution in [1.82, 2.24) is 4.90 Å². The molecular weight excluding hydrogens is 660 g/mol. The van der Waals surface area contributed by atoms with Crippen LogP contribution in [0.4, 0.5) is 5.69 Å². The zero-order chi connectivity index (χ0) is 31.5. The number of hydrogen-bond acceptors (Lipinski definition) is 9. The van der Waals surface area contributed by atoms with Crippen LogP contribution in [0.15, 0.2) is 70.8 Å². The Bertz CT molecular complexity index is 1770. The second-order valence-corrected chi connectivity index (χ2v) is 17.0. The fourth-order valence-corrected chi connectivity index (χ4v) is 9.98. The van der Waals surface area contributed by atoms with Gasteiger partial charge < -0.3 is 14.4 Å². The smallest absolute Gasteiger partial charge is 0.748 e. The second kappa shape index (κ2) is 15.7. The molecule has 1 aromatic heterocycles. The molecule has 0 fully saturated rings. The topological polar surface area (TPSA) is 118 Å². The molecule has 0 saturated carbocycles. The summed E-state index contributed by atoms with van der Waals surface area (Å²) in [5.74, 6) is -0.205. The van der Waals surface area contributed by atoms with Crippen molar-refractivity contribution >= 4 is 65.2 Å². The van der Waals surface area contributed by atoms with Gasteiger partial charge in [0.1, 0.15) is 0 Å². The van der Waals surface area contributed by atoms with Crippen molar-refractivity contribution in [1.29, 1.82) is 0 Å². The molecule has 5 rings (SSSR count). The Hall–Kier alpha value is -1.35. The molecule has 2 unspecified atom stereocenters. The van der Waals surface area contributed by atoms with E-state index in [-0.39, 0.29) is 46.4 Å². The fraction of sp³-hybridized carbons (Fsp3) is 0.438. The van der Waals surface area contributed by atoms with Gasteiger partial charge in [-0.25, -0.2) is 8.42 Å². The van der Waals surface area contributed by atoms with E-state index in [1.54, 1.807) is 11.3 Å². The Kier molecular flexibility index (Phi) is 12.7. The summed E-state index contributed by atoms with van der Waals surface area (Å²) < 4.78 is 66.7. The van der Waals surface area contributed by atoms with Crippen LogP contribution in [0, 0.1) is 5.92 Å². The third kappa shape index (κ3) is 9.61. The van der Waals surface area contributed by atoms with Gasteiger partial charge in [-0.1, -0.05) is 48.2 Å². The molecular formula is C32H39N2NaO6S4. The van der Waals surface area contributed by atoms with Gasteiger partial charge in [0.25, 0.3) is 10.1 Å². The van der Waals surface area contributed by atoms with Gasteiger partial charge in [0.05, 0.1) is 26.9 Å². The number of allylic oxidation sites excluding steroid dienone is 3. The predicted molar refractivity (Wildman–Crippen MR) is 181 cm³/mol. The van der Waals surface area contributed by atoms with E-state index in [1.807, 2.05) is 36.0 Å². The first-order valence-electron chi connectivity index (χ1n) is 14.9. The molecule has 13 heteroatoms. The molecule has 1 N–H and O–H groups in total. The number of anilines is 1. The third-order valence-electron chi connectivity index (χ3n) is 8.29. The normalized spacial score (nSPS) is 18.6. The van der Waals surface area contributed by atoms with Crippen LogP contribution in [-0.4, -0.2) is 68.4 Å². The van der Waals surface area contributed by atoms with E-state index in [0.717, 1.165) is 51.9 Å². The van der Waals surface area contributed by atoms with Crippen LogP contribution in [0.1, 0.15) is 49.0 Å². The Morgan fingerprint density at radius 3 is 2.47 bits per heavy atom. The SMILES string of the molecule is CN(C)C1=C(/C=C/c2sc3ccccc3c2CCCS(=O)(=O)O)CCC1CCC1Sc2ccccc2N1CCCS(=O)(=O)[O-].[Na+]. The van der Waals surface area contributed by atoms with Crippen LogP contribution in [0.5, 0.6) is 0 Å². The summed E-state index contributed by atoms with van der Waals surface area (Å²) in [4.78, 5) is 6.80. The van der Waals surface area contributed by atoms with Crippen LogP contribution in [-0.2, 0) is 26.7 Å². The number of benzene rings is 2. The number of para-hydroxylation sites is 1. The summed E-state index contributed by atoms with van der Waals surface area (Å²) in [6.07, 6.45) is 9.61. The quantitative estimate of drug-likeness (QED) is 0.199. The summed E-state index contributed by atoms with van der Waals surface area (Å²) in [5.41, 5.74) is 4.87. The molecule has 2 aromatic carbocycles. The summed E-state index contributed by atoms with van der Waals surface area (Å²) >= 11 is 3.52. The molecule has 0 amide bonds. The largest absolute Gasteiger partial charge is 1.00 e. The maximum Gasteiger partial charge on any atom is 1.00 e. The zero-order valence-electron chi connectivity index (χ0n) is 26.0. The van der Waals surface area contributed by atoms with E-state index in [9.17, 15) is 25.9 Å². The van der Waals surface area contributed by atoms with Gasteiger partial charge in [-0.15, -0.1) is 11.3 Å². The molecule has 3 aromatic rings. The molecule has 2 atom stereocenters. The standard InChI is InChI=1S/C32H40N2O6S4.Na/c1-33(2)32-23(16-18-29-26(10-7-21-43(35,36)37)25-9-3-5-12-28(25)41-29)14-15-24(32)17-19-31-34(20-8-22-44(38,39)40)27-11-4-6-13-30(27)42-31;/h3-6,9,11-13,16,18,24,31H,7-8,10,14-15,17,19-22H2,1-2H3,(H,35,36,37)(H,38,39,40);/q;+1/p-1/b18-16+;. The molecule has 2 aliphatic rings. The van der Waals surface area contributed by atoms with Crippen LogP contribution >= 0.6 is 23.1 Å². The Balaban J connectivity index is 0.00000461. The van der Waals surface area contributed by atoms with Crippen molar-refractivity contribution in [2.75, 3.05) is 37.0 Å². The monoisotopic (exact) mass is 698 g/mol. The molecule has 0 bridgehead atoms. The van der Waals surface area contributed by atoms with Gasteiger partial charge in [0.2, 0.25) is 0 Å². The molecule has 8 nitrogen and oxygen atoms in total. The number of nitrogens with zero attached hydrogens (tertiary/aromatic N) is 2. The van der Waals surface area contributed by atoms with Gasteiger partial charge in [-0.2, -0.15) is 8.42 Å². The molecule has 1 aliphatic carbocycles. The van der Waals surface area contributed by atoms with Crippen molar-refractivity contribution in [3.05, 3.63) is 76.3 Å². The zero-order valence-corrected chi connectivity index (χ0v) is 31.3. The molecule has 238 valence electrons. The number of thioether (sulfide) groups is 1. The first kappa shape index (κ1) is 36.5. The first-order chi connectivity index (χ1) is 20.9. The van der Waals surface area contributed by atoms with Crippen molar-refractivity contribution < 1.29 is 55.5 Å². The van der Waals surface area contributed by atoms with E-state index in [2.05, 4.69) is 60.3 Å². The summed E-state index contributed by atoms with van der Waals surface area (Å²) in [7, 11) is -4.05. The van der Waals surface area contributed by atoms with E-state index in [4.69, 9.17) is 0 Å². The fourth-order valence-electron chi connectivity index (χ4n) is 6.47. The van der Waals surface area contributed by atoms with E-state index >= 15 is 0 Å². The van der Waals surface area contributed by atoms with Crippen LogP contribution in [0.3, 0.4) is 0 Å². The summed E-state index contributed by atoms with van der Waals surface area (Å²) in [6, 6.07) is 16.4. The third-order valence-corrected chi connectivity index (χ3v) is 12.4. The van der Waals surface area contributed by atoms with Crippen LogP contribution < -0.4 is 34.5 Å². The second-order valence-electron chi connectivity index (χ2n) is 11.6. The number of rotatable bonds is 14. The first-order valence-corrected chi connectivity index (χ1v) is 19.8. The van der Waals surface area contributed by atoms with Crippen molar-refractivity contribution in [2.45, 2.75) is 55.2 Å². The Morgan fingerprint density at radius 2 is 1.73 bits per heavy atom. The predicted octanol–water partition coefficient (Wildman–Crippen LogP) is 3.62. The van der Waals surface area contributed by atoms with Crippen molar-refractivity contribution in [3.63, 3.8) is 0 Å².